The van der Waals surface area contributed by atoms with Gasteiger partial charge in [-0.1, -0.05) is 60.7 Å². The van der Waals surface area contributed by atoms with Gasteiger partial charge in [-0.25, -0.2) is 4.79 Å². The molecule has 0 unspecified atom stereocenters. The Balaban J connectivity index is 2.44. The van der Waals surface area contributed by atoms with Crippen LogP contribution in [0.1, 0.15) is 11.1 Å². The van der Waals surface area contributed by atoms with Gasteiger partial charge >= 0.3 is 5.97 Å². The van der Waals surface area contributed by atoms with E-state index in [2.05, 4.69) is 17.1 Å². The van der Waals surface area contributed by atoms with Gasteiger partial charge in [-0.3, -0.25) is 0 Å². The molecule has 0 heterocycles. The summed E-state index contributed by atoms with van der Waals surface area (Å²) in [7, 11) is 0. The molecule has 0 saturated heterocycles. The van der Waals surface area contributed by atoms with Crippen molar-refractivity contribution in [1.29, 1.82) is 0 Å². The third-order valence-electron chi connectivity index (χ3n) is 2.50. The molecule has 0 saturated carbocycles. The lowest BCUT2D eigenvalue weighted by atomic mass is 10.0. The van der Waals surface area contributed by atoms with Gasteiger partial charge in [0.15, 0.2) is 0 Å². The highest BCUT2D eigenvalue weighted by Crippen LogP contribution is 2.20. The van der Waals surface area contributed by atoms with Crippen LogP contribution in [-0.4, -0.2) is 5.97 Å². The quantitative estimate of drug-likeness (QED) is 0.393. The van der Waals surface area contributed by atoms with Gasteiger partial charge in [-0.2, -0.15) is 0 Å². The summed E-state index contributed by atoms with van der Waals surface area (Å²) in [6.45, 7) is 0. The van der Waals surface area contributed by atoms with Crippen LogP contribution in [0.15, 0.2) is 60.7 Å². The van der Waals surface area contributed by atoms with Crippen LogP contribution in [0.25, 0.3) is 11.6 Å². The average molecular weight is 256 g/mol. The largest absolute Gasteiger partial charge is 0.391 e. The van der Waals surface area contributed by atoms with Crippen LogP contribution in [0.5, 0.6) is 0 Å². The fourth-order valence-corrected chi connectivity index (χ4v) is 1.74. The molecule has 0 amide bonds. The van der Waals surface area contributed by atoms with E-state index in [1.54, 1.807) is 6.08 Å². The molecule has 0 aliphatic heterocycles. The molecule has 0 radical (unpaired) electrons. The summed E-state index contributed by atoms with van der Waals surface area (Å²) in [6, 6.07) is 19.0. The molecule has 0 atom stereocenters. The molecule has 0 aromatic heterocycles. The second-order valence-corrected chi connectivity index (χ2v) is 3.90. The SMILES string of the molecule is O=C(OS)/C(=C\c1ccccc1)c1ccccc1. The molecule has 0 spiro atoms. The van der Waals surface area contributed by atoms with E-state index in [0.717, 1.165) is 11.1 Å². The molecule has 0 aliphatic rings. The summed E-state index contributed by atoms with van der Waals surface area (Å²) in [5, 5.41) is 0. The van der Waals surface area contributed by atoms with Crippen LogP contribution in [0.3, 0.4) is 0 Å². The van der Waals surface area contributed by atoms with Crippen molar-refractivity contribution in [2.75, 3.05) is 0 Å². The van der Waals surface area contributed by atoms with Gasteiger partial charge in [0.05, 0.1) is 5.57 Å². The van der Waals surface area contributed by atoms with Crippen LogP contribution < -0.4 is 0 Å². The molecule has 3 heteroatoms. The first-order chi connectivity index (χ1) is 8.81. The number of carbonyl (C=O) groups excluding carboxylic acids is 1. The van der Waals surface area contributed by atoms with E-state index < -0.39 is 5.97 Å². The van der Waals surface area contributed by atoms with E-state index in [1.165, 1.54) is 0 Å². The van der Waals surface area contributed by atoms with Crippen LogP contribution in [-0.2, 0) is 8.98 Å². The molecule has 2 rings (SSSR count). The summed E-state index contributed by atoms with van der Waals surface area (Å²) < 4.78 is 4.53. The van der Waals surface area contributed by atoms with E-state index in [1.807, 2.05) is 60.7 Å². The summed E-state index contributed by atoms with van der Waals surface area (Å²) >= 11 is 3.58. The highest BCUT2D eigenvalue weighted by atomic mass is 32.1. The monoisotopic (exact) mass is 256 g/mol. The number of rotatable bonds is 3. The number of carbonyl (C=O) groups is 1. The second-order valence-electron chi connectivity index (χ2n) is 3.71. The van der Waals surface area contributed by atoms with E-state index in [-0.39, 0.29) is 0 Å². The Morgan fingerprint density at radius 1 is 0.944 bits per heavy atom. The topological polar surface area (TPSA) is 26.3 Å². The molecule has 0 aliphatic carbocycles. The van der Waals surface area contributed by atoms with E-state index in [9.17, 15) is 4.79 Å². The van der Waals surface area contributed by atoms with Crippen molar-refractivity contribution in [2.24, 2.45) is 0 Å². The second kappa shape index (κ2) is 6.07. The maximum Gasteiger partial charge on any atom is 0.350 e. The molecule has 2 aromatic carbocycles. The molecule has 18 heavy (non-hydrogen) atoms. The zero-order valence-corrected chi connectivity index (χ0v) is 10.5. The van der Waals surface area contributed by atoms with Crippen molar-refractivity contribution in [1.82, 2.24) is 0 Å². The lowest BCUT2D eigenvalue weighted by molar-refractivity contribution is -0.126. The lowest BCUT2D eigenvalue weighted by Gasteiger charge is -2.05. The van der Waals surface area contributed by atoms with Gasteiger partial charge in [0.25, 0.3) is 0 Å². The van der Waals surface area contributed by atoms with Crippen molar-refractivity contribution in [3.63, 3.8) is 0 Å². The fourth-order valence-electron chi connectivity index (χ4n) is 1.64. The standard InChI is InChI=1S/C15H12O2S/c16-15(17-18)14(13-9-5-2-6-10-13)11-12-7-3-1-4-8-12/h1-11,18H/b14-11-. The Kier molecular flexibility index (Phi) is 4.20. The van der Waals surface area contributed by atoms with Gasteiger partial charge < -0.3 is 4.18 Å². The smallest absolute Gasteiger partial charge is 0.350 e. The van der Waals surface area contributed by atoms with Gasteiger partial charge in [-0.15, -0.1) is 0 Å². The van der Waals surface area contributed by atoms with Crippen LogP contribution >= 0.6 is 12.9 Å². The number of thiol groups is 1. The molecular weight excluding hydrogens is 244 g/mol. The van der Waals surface area contributed by atoms with Crippen LogP contribution in [0.4, 0.5) is 0 Å². The average Bonchev–Trinajstić information content (AvgIpc) is 2.46. The zero-order chi connectivity index (χ0) is 12.8. The molecule has 2 aromatic rings. The molecule has 0 bridgehead atoms. The number of benzene rings is 2. The van der Waals surface area contributed by atoms with Crippen molar-refractivity contribution in [3.05, 3.63) is 71.8 Å². The fraction of sp³-hybridized carbons (Fsp3) is 0. The zero-order valence-electron chi connectivity index (χ0n) is 9.61. The van der Waals surface area contributed by atoms with Crippen LogP contribution in [0.2, 0.25) is 0 Å². The normalized spacial score (nSPS) is 11.1. The Bertz CT molecular complexity index is 547. The first-order valence-corrected chi connectivity index (χ1v) is 5.85. The van der Waals surface area contributed by atoms with Crippen molar-refractivity contribution in [2.45, 2.75) is 0 Å². The highest BCUT2D eigenvalue weighted by molar-refractivity contribution is 7.75. The third-order valence-corrected chi connectivity index (χ3v) is 2.66. The van der Waals surface area contributed by atoms with Crippen LogP contribution in [0, 0.1) is 0 Å². The summed E-state index contributed by atoms with van der Waals surface area (Å²) in [5.74, 6) is -0.464. The molecular formula is C15H12O2S. The van der Waals surface area contributed by atoms with Crippen molar-refractivity contribution in [3.8, 4) is 0 Å². The Hall–Kier alpha value is -2.00. The van der Waals surface area contributed by atoms with Crippen molar-refractivity contribution >= 4 is 30.5 Å². The van der Waals surface area contributed by atoms with Gasteiger partial charge in [0.1, 0.15) is 0 Å². The lowest BCUT2D eigenvalue weighted by Crippen LogP contribution is -2.01. The Labute approximate surface area is 112 Å². The van der Waals surface area contributed by atoms with E-state index in [4.69, 9.17) is 0 Å². The Morgan fingerprint density at radius 2 is 1.50 bits per heavy atom. The minimum atomic E-state index is -0.464. The predicted octanol–water partition coefficient (Wildman–Crippen LogP) is 3.62. The summed E-state index contributed by atoms with van der Waals surface area (Å²) in [4.78, 5) is 11.7. The first-order valence-electron chi connectivity index (χ1n) is 5.49. The molecule has 0 N–H and O–H groups in total. The van der Waals surface area contributed by atoms with E-state index in [0.29, 0.717) is 5.57 Å². The molecule has 90 valence electrons. The maximum absolute atomic E-state index is 11.7. The maximum atomic E-state index is 11.7. The van der Waals surface area contributed by atoms with E-state index >= 15 is 0 Å². The minimum absolute atomic E-state index is 0.464. The molecule has 0 fully saturated rings. The molecule has 2 nitrogen and oxygen atoms in total. The summed E-state index contributed by atoms with van der Waals surface area (Å²) in [5.41, 5.74) is 2.23. The van der Waals surface area contributed by atoms with Crippen molar-refractivity contribution < 1.29 is 8.98 Å². The van der Waals surface area contributed by atoms with Gasteiger partial charge in [0.2, 0.25) is 0 Å². The Morgan fingerprint density at radius 3 is 2.06 bits per heavy atom. The number of hydrogen-bond donors (Lipinski definition) is 1. The number of hydrogen-bond acceptors (Lipinski definition) is 3. The predicted molar refractivity (Wildman–Crippen MR) is 75.8 cm³/mol. The highest BCUT2D eigenvalue weighted by Gasteiger charge is 2.12. The summed E-state index contributed by atoms with van der Waals surface area (Å²) in [6.07, 6.45) is 1.79. The minimum Gasteiger partial charge on any atom is -0.391 e. The van der Waals surface area contributed by atoms with Gasteiger partial charge in [-0.05, 0) is 17.2 Å². The first kappa shape index (κ1) is 12.5. The van der Waals surface area contributed by atoms with Gasteiger partial charge in [0, 0.05) is 12.9 Å². The third kappa shape index (κ3) is 3.02.